The summed E-state index contributed by atoms with van der Waals surface area (Å²) >= 11 is 0. The number of nitrogens with zero attached hydrogens (tertiary/aromatic N) is 5. The van der Waals surface area contributed by atoms with Gasteiger partial charge in [0.15, 0.2) is 0 Å². The van der Waals surface area contributed by atoms with Gasteiger partial charge in [-0.2, -0.15) is 0 Å². The van der Waals surface area contributed by atoms with Crippen molar-refractivity contribution in [1.29, 1.82) is 0 Å². The molecule has 0 unspecified atom stereocenters. The van der Waals surface area contributed by atoms with Crippen molar-refractivity contribution in [3.8, 4) is 5.69 Å². The van der Waals surface area contributed by atoms with Crippen LogP contribution >= 0.6 is 0 Å². The zero-order valence-electron chi connectivity index (χ0n) is 12.0. The third-order valence-electron chi connectivity index (χ3n) is 3.94. The molecule has 8 nitrogen and oxygen atoms in total. The van der Waals surface area contributed by atoms with Crippen LogP contribution in [0.4, 0.5) is 0 Å². The van der Waals surface area contributed by atoms with Crippen molar-refractivity contribution in [2.24, 2.45) is 11.8 Å². The lowest BCUT2D eigenvalue weighted by Crippen LogP contribution is -2.29. The molecule has 1 aliphatic rings. The normalized spacial score (nSPS) is 21.0. The third kappa shape index (κ3) is 2.54. The molecule has 1 amide bonds. The number of aromatic nitrogens is 4. The van der Waals surface area contributed by atoms with Crippen LogP contribution < -0.4 is 0 Å². The molecule has 1 fully saturated rings. The number of hydrogen-bond acceptors (Lipinski definition) is 5. The molecule has 22 heavy (non-hydrogen) atoms. The Bertz CT molecular complexity index is 683. The molecule has 0 spiro atoms. The van der Waals surface area contributed by atoms with Crippen molar-refractivity contribution < 1.29 is 14.7 Å². The molecule has 0 bridgehead atoms. The molecular weight excluding hydrogens is 286 g/mol. The number of aliphatic carboxylic acids is 1. The van der Waals surface area contributed by atoms with E-state index in [9.17, 15) is 9.59 Å². The highest BCUT2D eigenvalue weighted by Crippen LogP contribution is 2.24. The molecule has 2 heterocycles. The molecule has 3 rings (SSSR count). The second-order valence-electron chi connectivity index (χ2n) is 5.43. The summed E-state index contributed by atoms with van der Waals surface area (Å²) in [5.41, 5.74) is 1.27. The summed E-state index contributed by atoms with van der Waals surface area (Å²) in [7, 11) is 0. The zero-order valence-corrected chi connectivity index (χ0v) is 12.0. The number of amides is 1. The van der Waals surface area contributed by atoms with Gasteiger partial charge >= 0.3 is 5.97 Å². The Kier molecular flexibility index (Phi) is 3.58. The fourth-order valence-electron chi connectivity index (χ4n) is 2.67. The van der Waals surface area contributed by atoms with Crippen LogP contribution in [-0.2, 0) is 4.79 Å². The van der Waals surface area contributed by atoms with Gasteiger partial charge in [0.2, 0.25) is 0 Å². The predicted molar refractivity (Wildman–Crippen MR) is 75.3 cm³/mol. The van der Waals surface area contributed by atoms with Crippen LogP contribution in [0.15, 0.2) is 30.6 Å². The first-order chi connectivity index (χ1) is 10.6. The van der Waals surface area contributed by atoms with Crippen molar-refractivity contribution >= 4 is 11.9 Å². The van der Waals surface area contributed by atoms with E-state index < -0.39 is 11.9 Å². The van der Waals surface area contributed by atoms with E-state index in [1.54, 1.807) is 29.2 Å². The first kappa shape index (κ1) is 14.2. The Balaban J connectivity index is 1.74. The van der Waals surface area contributed by atoms with E-state index in [2.05, 4.69) is 15.5 Å². The van der Waals surface area contributed by atoms with Crippen molar-refractivity contribution in [2.75, 3.05) is 13.1 Å². The molecule has 1 aromatic carbocycles. The number of hydrogen-bond donors (Lipinski definition) is 1. The molecule has 114 valence electrons. The van der Waals surface area contributed by atoms with E-state index in [1.165, 1.54) is 11.0 Å². The van der Waals surface area contributed by atoms with Crippen molar-refractivity contribution in [1.82, 2.24) is 25.1 Å². The summed E-state index contributed by atoms with van der Waals surface area (Å²) in [6.07, 6.45) is 1.47. The van der Waals surface area contributed by atoms with Crippen LogP contribution in [0.25, 0.3) is 5.69 Å². The van der Waals surface area contributed by atoms with E-state index in [4.69, 9.17) is 5.11 Å². The van der Waals surface area contributed by atoms with Crippen LogP contribution in [-0.4, -0.2) is 55.2 Å². The van der Waals surface area contributed by atoms with Crippen LogP contribution in [0, 0.1) is 11.8 Å². The van der Waals surface area contributed by atoms with Gasteiger partial charge in [0.1, 0.15) is 6.33 Å². The number of benzene rings is 1. The zero-order chi connectivity index (χ0) is 15.7. The van der Waals surface area contributed by atoms with Gasteiger partial charge in [0.05, 0.1) is 11.6 Å². The summed E-state index contributed by atoms with van der Waals surface area (Å²) in [4.78, 5) is 25.2. The minimum atomic E-state index is -0.850. The quantitative estimate of drug-likeness (QED) is 0.883. The number of tetrazole rings is 1. The van der Waals surface area contributed by atoms with Crippen LogP contribution in [0.3, 0.4) is 0 Å². The highest BCUT2D eigenvalue weighted by Gasteiger charge is 2.37. The van der Waals surface area contributed by atoms with Crippen molar-refractivity contribution in [3.05, 3.63) is 36.2 Å². The van der Waals surface area contributed by atoms with Gasteiger partial charge < -0.3 is 10.0 Å². The minimum Gasteiger partial charge on any atom is -0.481 e. The lowest BCUT2D eigenvalue weighted by Gasteiger charge is -2.16. The highest BCUT2D eigenvalue weighted by molar-refractivity contribution is 5.95. The molecule has 0 aliphatic carbocycles. The van der Waals surface area contributed by atoms with E-state index in [-0.39, 0.29) is 18.4 Å². The predicted octanol–water partition coefficient (Wildman–Crippen LogP) is 0.455. The Morgan fingerprint density at radius 1 is 1.23 bits per heavy atom. The monoisotopic (exact) mass is 301 g/mol. The number of carboxylic acids is 1. The Labute approximate surface area is 126 Å². The standard InChI is InChI=1S/C14H15N5O3/c1-9-6-18(7-12(9)14(21)22)13(20)10-2-4-11(5-3-10)19-8-15-16-17-19/h2-5,8-9,12H,6-7H2,1H3,(H,21,22)/t9-,12-/m1/s1. The van der Waals surface area contributed by atoms with Crippen molar-refractivity contribution in [3.63, 3.8) is 0 Å². The molecule has 0 radical (unpaired) electrons. The summed E-state index contributed by atoms with van der Waals surface area (Å²) < 4.78 is 1.49. The van der Waals surface area contributed by atoms with Gasteiger partial charge in [-0.05, 0) is 40.6 Å². The van der Waals surface area contributed by atoms with E-state index >= 15 is 0 Å². The Morgan fingerprint density at radius 3 is 2.50 bits per heavy atom. The smallest absolute Gasteiger partial charge is 0.308 e. The highest BCUT2D eigenvalue weighted by atomic mass is 16.4. The molecule has 2 aromatic rings. The average molecular weight is 301 g/mol. The molecule has 2 atom stereocenters. The lowest BCUT2D eigenvalue weighted by atomic mass is 9.99. The topological polar surface area (TPSA) is 101 Å². The maximum Gasteiger partial charge on any atom is 0.308 e. The number of carboxylic acid groups (broad SMARTS) is 1. The van der Waals surface area contributed by atoms with E-state index in [1.807, 2.05) is 6.92 Å². The largest absolute Gasteiger partial charge is 0.481 e. The molecule has 1 N–H and O–H groups in total. The molecular formula is C14H15N5O3. The van der Waals surface area contributed by atoms with Gasteiger partial charge in [-0.15, -0.1) is 5.10 Å². The van der Waals surface area contributed by atoms with Gasteiger partial charge in [-0.3, -0.25) is 9.59 Å². The van der Waals surface area contributed by atoms with Crippen LogP contribution in [0.1, 0.15) is 17.3 Å². The first-order valence-electron chi connectivity index (χ1n) is 6.92. The Hall–Kier alpha value is -2.77. The summed E-state index contributed by atoms with van der Waals surface area (Å²) in [5, 5.41) is 20.0. The second-order valence-corrected chi connectivity index (χ2v) is 5.43. The van der Waals surface area contributed by atoms with E-state index in [0.717, 1.165) is 5.69 Å². The molecule has 1 aliphatic heterocycles. The second kappa shape index (κ2) is 5.55. The van der Waals surface area contributed by atoms with Gasteiger partial charge in [0.25, 0.3) is 5.91 Å². The van der Waals surface area contributed by atoms with Gasteiger partial charge in [0, 0.05) is 18.7 Å². The van der Waals surface area contributed by atoms with E-state index in [0.29, 0.717) is 12.1 Å². The number of likely N-dealkylation sites (tertiary alicyclic amines) is 1. The molecule has 1 aromatic heterocycles. The third-order valence-corrected chi connectivity index (χ3v) is 3.94. The summed E-state index contributed by atoms with van der Waals surface area (Å²) in [5.74, 6) is -1.54. The van der Waals surface area contributed by atoms with Crippen LogP contribution in [0.2, 0.25) is 0 Å². The fraction of sp³-hybridized carbons (Fsp3) is 0.357. The maximum absolute atomic E-state index is 12.4. The fourth-order valence-corrected chi connectivity index (χ4v) is 2.67. The van der Waals surface area contributed by atoms with Gasteiger partial charge in [-0.1, -0.05) is 6.92 Å². The Morgan fingerprint density at radius 2 is 1.95 bits per heavy atom. The lowest BCUT2D eigenvalue weighted by molar-refractivity contribution is -0.142. The maximum atomic E-state index is 12.4. The minimum absolute atomic E-state index is 0.0399. The molecule has 1 saturated heterocycles. The SMILES string of the molecule is C[C@@H]1CN(C(=O)c2ccc(-n3cnnn3)cc2)C[C@H]1C(=O)O. The molecule has 8 heteroatoms. The van der Waals surface area contributed by atoms with Gasteiger partial charge in [-0.25, -0.2) is 4.68 Å². The number of carbonyl (C=O) groups is 2. The first-order valence-corrected chi connectivity index (χ1v) is 6.92. The summed E-state index contributed by atoms with van der Waals surface area (Å²) in [6, 6.07) is 6.88. The number of rotatable bonds is 3. The summed E-state index contributed by atoms with van der Waals surface area (Å²) in [6.45, 7) is 2.57. The van der Waals surface area contributed by atoms with Crippen molar-refractivity contribution in [2.45, 2.75) is 6.92 Å². The number of carbonyl (C=O) groups excluding carboxylic acids is 1. The molecule has 0 saturated carbocycles. The van der Waals surface area contributed by atoms with Crippen LogP contribution in [0.5, 0.6) is 0 Å². The average Bonchev–Trinajstić information content (AvgIpc) is 3.16.